The molecule has 1 fully saturated rings. The van der Waals surface area contributed by atoms with E-state index >= 15 is 0 Å². The smallest absolute Gasteiger partial charge is 0.0595 e. The monoisotopic (exact) mass is 157 g/mol. The maximum absolute atomic E-state index is 9.60. The third-order valence-electron chi connectivity index (χ3n) is 2.96. The number of aliphatic hydroxyl groups excluding tert-OH is 1. The van der Waals surface area contributed by atoms with Crippen LogP contribution in [0.2, 0.25) is 0 Å². The van der Waals surface area contributed by atoms with Gasteiger partial charge in [-0.1, -0.05) is 6.92 Å². The lowest BCUT2D eigenvalue weighted by atomic mass is 9.84. The molecule has 0 aromatic rings. The molecule has 1 saturated heterocycles. The summed E-state index contributed by atoms with van der Waals surface area (Å²) in [4.78, 5) is 2.32. The Morgan fingerprint density at radius 2 is 2.00 bits per heavy atom. The first kappa shape index (κ1) is 9.01. The molecule has 0 bridgehead atoms. The van der Waals surface area contributed by atoms with E-state index in [9.17, 15) is 5.11 Å². The molecule has 0 radical (unpaired) electrons. The molecule has 0 spiro atoms. The molecule has 11 heavy (non-hydrogen) atoms. The second-order valence-electron chi connectivity index (χ2n) is 4.44. The first-order valence-corrected chi connectivity index (χ1v) is 4.33. The Hall–Kier alpha value is -0.0800. The van der Waals surface area contributed by atoms with E-state index in [1.807, 2.05) is 0 Å². The summed E-state index contributed by atoms with van der Waals surface area (Å²) < 4.78 is 0. The van der Waals surface area contributed by atoms with Crippen LogP contribution in [0.4, 0.5) is 0 Å². The fraction of sp³-hybridized carbons (Fsp3) is 1.00. The maximum atomic E-state index is 9.60. The molecule has 2 heteroatoms. The molecule has 0 aromatic carbocycles. The first-order valence-electron chi connectivity index (χ1n) is 4.33. The lowest BCUT2D eigenvalue weighted by Gasteiger charge is -2.45. The first-order chi connectivity index (χ1) is 4.93. The van der Waals surface area contributed by atoms with Gasteiger partial charge in [0.05, 0.1) is 6.10 Å². The second-order valence-corrected chi connectivity index (χ2v) is 4.44. The van der Waals surface area contributed by atoms with Crippen LogP contribution in [0.5, 0.6) is 0 Å². The van der Waals surface area contributed by atoms with Gasteiger partial charge < -0.3 is 10.0 Å². The molecule has 1 aliphatic heterocycles. The molecule has 1 N–H and O–H groups in total. The normalized spacial score (nSPS) is 39.0. The average Bonchev–Trinajstić information content (AvgIpc) is 1.83. The maximum Gasteiger partial charge on any atom is 0.0595 e. The molecule has 0 aliphatic carbocycles. The van der Waals surface area contributed by atoms with Crippen LogP contribution in [0.25, 0.3) is 0 Å². The van der Waals surface area contributed by atoms with Crippen LogP contribution >= 0.6 is 0 Å². The summed E-state index contributed by atoms with van der Waals surface area (Å²) in [6.07, 6.45) is 0.784. The molecule has 2 atom stereocenters. The van der Waals surface area contributed by atoms with Crippen LogP contribution in [0.1, 0.15) is 27.2 Å². The minimum atomic E-state index is -0.110. The van der Waals surface area contributed by atoms with E-state index in [4.69, 9.17) is 0 Å². The second kappa shape index (κ2) is 2.76. The van der Waals surface area contributed by atoms with Gasteiger partial charge in [0.1, 0.15) is 0 Å². The SMILES string of the molecule is CC1CN(C)C(C)(C)C[C@H]1O. The minimum Gasteiger partial charge on any atom is -0.393 e. The van der Waals surface area contributed by atoms with Gasteiger partial charge in [0.2, 0.25) is 0 Å². The fourth-order valence-electron chi connectivity index (χ4n) is 1.67. The van der Waals surface area contributed by atoms with Crippen LogP contribution in [0.15, 0.2) is 0 Å². The highest BCUT2D eigenvalue weighted by molar-refractivity contribution is 4.90. The van der Waals surface area contributed by atoms with Crippen molar-refractivity contribution in [2.45, 2.75) is 38.8 Å². The van der Waals surface area contributed by atoms with Crippen LogP contribution in [-0.2, 0) is 0 Å². The van der Waals surface area contributed by atoms with Gasteiger partial charge in [-0.05, 0) is 33.2 Å². The van der Waals surface area contributed by atoms with Gasteiger partial charge in [-0.15, -0.1) is 0 Å². The van der Waals surface area contributed by atoms with Crippen LogP contribution in [0, 0.1) is 5.92 Å². The van der Waals surface area contributed by atoms with Gasteiger partial charge in [-0.25, -0.2) is 0 Å². The quantitative estimate of drug-likeness (QED) is 0.569. The van der Waals surface area contributed by atoms with Crippen molar-refractivity contribution in [2.24, 2.45) is 5.92 Å². The molecule has 1 aliphatic rings. The number of rotatable bonds is 0. The van der Waals surface area contributed by atoms with Gasteiger partial charge in [-0.2, -0.15) is 0 Å². The Balaban J connectivity index is 2.63. The minimum absolute atomic E-state index is 0.110. The van der Waals surface area contributed by atoms with E-state index in [1.165, 1.54) is 0 Å². The predicted molar refractivity (Wildman–Crippen MR) is 46.5 cm³/mol. The molecule has 2 nitrogen and oxygen atoms in total. The van der Waals surface area contributed by atoms with Crippen LogP contribution < -0.4 is 0 Å². The Labute approximate surface area is 69.2 Å². The summed E-state index contributed by atoms with van der Waals surface area (Å²) >= 11 is 0. The van der Waals surface area contributed by atoms with Crippen LogP contribution in [-0.4, -0.2) is 35.2 Å². The van der Waals surface area contributed by atoms with Crippen molar-refractivity contribution in [3.05, 3.63) is 0 Å². The lowest BCUT2D eigenvalue weighted by molar-refractivity contribution is -0.0242. The molecular weight excluding hydrogens is 138 g/mol. The van der Waals surface area contributed by atoms with E-state index < -0.39 is 0 Å². The summed E-state index contributed by atoms with van der Waals surface area (Å²) in [5, 5.41) is 9.60. The van der Waals surface area contributed by atoms with E-state index in [0.717, 1.165) is 13.0 Å². The largest absolute Gasteiger partial charge is 0.393 e. The Bertz CT molecular complexity index is 144. The summed E-state index contributed by atoms with van der Waals surface area (Å²) in [7, 11) is 2.13. The molecule has 1 rings (SSSR count). The number of hydrogen-bond acceptors (Lipinski definition) is 2. The van der Waals surface area contributed by atoms with Crippen molar-refractivity contribution < 1.29 is 5.11 Å². The molecule has 66 valence electrons. The topological polar surface area (TPSA) is 23.5 Å². The van der Waals surface area contributed by atoms with Gasteiger partial charge >= 0.3 is 0 Å². The Morgan fingerprint density at radius 3 is 2.45 bits per heavy atom. The van der Waals surface area contributed by atoms with E-state index in [2.05, 4.69) is 32.7 Å². The van der Waals surface area contributed by atoms with E-state index in [-0.39, 0.29) is 11.6 Å². The molecule has 1 unspecified atom stereocenters. The fourth-order valence-corrected chi connectivity index (χ4v) is 1.67. The van der Waals surface area contributed by atoms with Crippen molar-refractivity contribution >= 4 is 0 Å². The molecular formula is C9H19NO. The standard InChI is InChI=1S/C9H19NO/c1-7-6-10(4)9(2,3)5-8(7)11/h7-8,11H,5-6H2,1-4H3/t7?,8-/m1/s1. The van der Waals surface area contributed by atoms with Crippen LogP contribution in [0.3, 0.4) is 0 Å². The zero-order valence-electron chi connectivity index (χ0n) is 7.96. The highest BCUT2D eigenvalue weighted by Gasteiger charge is 2.35. The van der Waals surface area contributed by atoms with Crippen molar-refractivity contribution in [3.8, 4) is 0 Å². The van der Waals surface area contributed by atoms with Crippen molar-refractivity contribution in [1.29, 1.82) is 0 Å². The summed E-state index contributed by atoms with van der Waals surface area (Å²) in [5.41, 5.74) is 0.173. The van der Waals surface area contributed by atoms with Crippen molar-refractivity contribution in [2.75, 3.05) is 13.6 Å². The van der Waals surface area contributed by atoms with Gasteiger partial charge in [0.15, 0.2) is 0 Å². The molecule has 0 saturated carbocycles. The third-order valence-corrected chi connectivity index (χ3v) is 2.96. The third kappa shape index (κ3) is 1.74. The average molecular weight is 157 g/mol. The number of piperidine rings is 1. The summed E-state index contributed by atoms with van der Waals surface area (Å²) in [6.45, 7) is 7.48. The molecule has 1 heterocycles. The highest BCUT2D eigenvalue weighted by Crippen LogP contribution is 2.28. The number of likely N-dealkylation sites (tertiary alicyclic amines) is 1. The lowest BCUT2D eigenvalue weighted by Crippen LogP contribution is -2.52. The summed E-state index contributed by atoms with van der Waals surface area (Å²) in [5.74, 6) is 0.424. The van der Waals surface area contributed by atoms with Gasteiger partial charge in [0.25, 0.3) is 0 Å². The summed E-state index contributed by atoms with van der Waals surface area (Å²) in [6, 6.07) is 0. The highest BCUT2D eigenvalue weighted by atomic mass is 16.3. The van der Waals surface area contributed by atoms with Crippen molar-refractivity contribution in [1.82, 2.24) is 4.90 Å². The zero-order chi connectivity index (χ0) is 8.65. The zero-order valence-corrected chi connectivity index (χ0v) is 7.96. The predicted octanol–water partition coefficient (Wildman–Crippen LogP) is 1.10. The Kier molecular flexibility index (Phi) is 2.26. The number of hydrogen-bond donors (Lipinski definition) is 1. The van der Waals surface area contributed by atoms with E-state index in [0.29, 0.717) is 5.92 Å². The Morgan fingerprint density at radius 1 is 1.45 bits per heavy atom. The molecule has 0 amide bonds. The number of aliphatic hydroxyl groups is 1. The van der Waals surface area contributed by atoms with Crippen molar-refractivity contribution in [3.63, 3.8) is 0 Å². The van der Waals surface area contributed by atoms with E-state index in [1.54, 1.807) is 0 Å². The van der Waals surface area contributed by atoms with Gasteiger partial charge in [0, 0.05) is 12.1 Å². The number of nitrogens with zero attached hydrogens (tertiary/aromatic N) is 1. The molecule has 0 aromatic heterocycles. The van der Waals surface area contributed by atoms with Gasteiger partial charge in [-0.3, -0.25) is 0 Å².